The van der Waals surface area contributed by atoms with Crippen LogP contribution in [0.25, 0.3) is 11.1 Å². The second-order valence-corrected chi connectivity index (χ2v) is 5.39. The Morgan fingerprint density at radius 3 is 2.06 bits per heavy atom. The standard InChI is InChI=1S/C18H21/c1-13(2)16-11-8-12-17(18(16)14(3)4)15-9-6-5-7-10-15/h5-10,12-14H,1-4H3. The van der Waals surface area contributed by atoms with Crippen LogP contribution in [0.2, 0.25) is 0 Å². The smallest absolute Gasteiger partial charge is 0.0143 e. The van der Waals surface area contributed by atoms with E-state index in [0.717, 1.165) is 0 Å². The van der Waals surface area contributed by atoms with E-state index in [1.165, 1.54) is 22.3 Å². The lowest BCUT2D eigenvalue weighted by Crippen LogP contribution is -2.01. The fourth-order valence-electron chi connectivity index (χ4n) is 2.50. The molecule has 2 aromatic carbocycles. The summed E-state index contributed by atoms with van der Waals surface area (Å²) in [6.07, 6.45) is 0. The summed E-state index contributed by atoms with van der Waals surface area (Å²) in [4.78, 5) is 0. The minimum absolute atomic E-state index is 0.520. The van der Waals surface area contributed by atoms with E-state index in [9.17, 15) is 0 Å². The van der Waals surface area contributed by atoms with Gasteiger partial charge in [-0.2, -0.15) is 0 Å². The van der Waals surface area contributed by atoms with Gasteiger partial charge in [-0.3, -0.25) is 0 Å². The zero-order chi connectivity index (χ0) is 13.1. The first-order valence-corrected chi connectivity index (χ1v) is 6.71. The van der Waals surface area contributed by atoms with Crippen LogP contribution in [0.1, 0.15) is 50.7 Å². The Balaban J connectivity index is 2.64. The third kappa shape index (κ3) is 2.48. The minimum atomic E-state index is 0.520. The van der Waals surface area contributed by atoms with Gasteiger partial charge >= 0.3 is 0 Å². The molecule has 18 heavy (non-hydrogen) atoms. The molecule has 0 atom stereocenters. The molecule has 0 saturated heterocycles. The molecule has 0 nitrogen and oxygen atoms in total. The van der Waals surface area contributed by atoms with Crippen LogP contribution in [0.4, 0.5) is 0 Å². The van der Waals surface area contributed by atoms with Gasteiger partial charge in [-0.1, -0.05) is 70.2 Å². The lowest BCUT2D eigenvalue weighted by molar-refractivity contribution is 0.791. The highest BCUT2D eigenvalue weighted by atomic mass is 14.2. The third-order valence-electron chi connectivity index (χ3n) is 3.31. The van der Waals surface area contributed by atoms with Crippen molar-refractivity contribution < 1.29 is 0 Å². The van der Waals surface area contributed by atoms with Crippen molar-refractivity contribution in [1.82, 2.24) is 0 Å². The van der Waals surface area contributed by atoms with Crippen molar-refractivity contribution in [3.05, 3.63) is 59.7 Å². The highest BCUT2D eigenvalue weighted by Gasteiger charge is 2.15. The number of hydrogen-bond donors (Lipinski definition) is 0. The maximum absolute atomic E-state index is 3.43. The van der Waals surface area contributed by atoms with Crippen molar-refractivity contribution in [3.8, 4) is 11.1 Å². The van der Waals surface area contributed by atoms with E-state index in [1.54, 1.807) is 0 Å². The molecule has 0 spiro atoms. The van der Waals surface area contributed by atoms with Crippen molar-refractivity contribution in [2.24, 2.45) is 0 Å². The van der Waals surface area contributed by atoms with Crippen molar-refractivity contribution in [1.29, 1.82) is 0 Å². The van der Waals surface area contributed by atoms with E-state index in [2.05, 4.69) is 76.2 Å². The van der Waals surface area contributed by atoms with E-state index in [-0.39, 0.29) is 0 Å². The van der Waals surface area contributed by atoms with Crippen molar-refractivity contribution >= 4 is 0 Å². The van der Waals surface area contributed by atoms with Crippen LogP contribution >= 0.6 is 0 Å². The van der Waals surface area contributed by atoms with Gasteiger partial charge in [0.25, 0.3) is 0 Å². The van der Waals surface area contributed by atoms with Gasteiger partial charge in [-0.05, 0) is 40.2 Å². The van der Waals surface area contributed by atoms with Gasteiger partial charge in [0.05, 0.1) is 0 Å². The van der Waals surface area contributed by atoms with Crippen LogP contribution in [-0.4, -0.2) is 0 Å². The average Bonchev–Trinajstić information content (AvgIpc) is 2.38. The lowest BCUT2D eigenvalue weighted by atomic mass is 9.84. The molecule has 0 bridgehead atoms. The van der Waals surface area contributed by atoms with Crippen molar-refractivity contribution in [3.63, 3.8) is 0 Å². The maximum atomic E-state index is 3.43. The molecule has 0 saturated carbocycles. The predicted octanol–water partition coefficient (Wildman–Crippen LogP) is 5.40. The van der Waals surface area contributed by atoms with Crippen LogP contribution in [0, 0.1) is 6.07 Å². The van der Waals surface area contributed by atoms with E-state index in [1.807, 2.05) is 0 Å². The number of benzene rings is 2. The van der Waals surface area contributed by atoms with Crippen LogP contribution in [0.5, 0.6) is 0 Å². The molecular weight excluding hydrogens is 216 g/mol. The Labute approximate surface area is 111 Å². The second-order valence-electron chi connectivity index (χ2n) is 5.39. The maximum Gasteiger partial charge on any atom is -0.0143 e. The van der Waals surface area contributed by atoms with Crippen LogP contribution in [-0.2, 0) is 0 Å². The number of rotatable bonds is 3. The molecule has 0 aliphatic rings. The molecule has 0 aliphatic carbocycles. The van der Waals surface area contributed by atoms with Gasteiger partial charge in [0.2, 0.25) is 0 Å². The second kappa shape index (κ2) is 5.39. The zero-order valence-corrected chi connectivity index (χ0v) is 11.7. The summed E-state index contributed by atoms with van der Waals surface area (Å²) in [5.74, 6) is 1.04. The molecule has 93 valence electrons. The predicted molar refractivity (Wildman–Crippen MR) is 78.9 cm³/mol. The Morgan fingerprint density at radius 1 is 0.833 bits per heavy atom. The monoisotopic (exact) mass is 237 g/mol. The summed E-state index contributed by atoms with van der Waals surface area (Å²) in [6.45, 7) is 9.02. The quantitative estimate of drug-likeness (QED) is 0.670. The molecule has 1 radical (unpaired) electrons. The van der Waals surface area contributed by atoms with E-state index in [4.69, 9.17) is 0 Å². The Morgan fingerprint density at radius 2 is 1.50 bits per heavy atom. The summed E-state index contributed by atoms with van der Waals surface area (Å²) in [6, 6.07) is 18.3. The fraction of sp³-hybridized carbons (Fsp3) is 0.333. The molecule has 2 aromatic rings. The molecule has 0 fully saturated rings. The third-order valence-corrected chi connectivity index (χ3v) is 3.31. The molecule has 0 aromatic heterocycles. The van der Waals surface area contributed by atoms with Crippen LogP contribution in [0.3, 0.4) is 0 Å². The van der Waals surface area contributed by atoms with E-state index < -0.39 is 0 Å². The number of hydrogen-bond acceptors (Lipinski definition) is 0. The van der Waals surface area contributed by atoms with Gasteiger partial charge in [0.15, 0.2) is 0 Å². The molecule has 0 heteroatoms. The Bertz CT molecular complexity index is 507. The van der Waals surface area contributed by atoms with Gasteiger partial charge in [0.1, 0.15) is 0 Å². The normalized spacial score (nSPS) is 11.2. The Hall–Kier alpha value is -1.56. The molecule has 0 amide bonds. The van der Waals surface area contributed by atoms with E-state index >= 15 is 0 Å². The molecule has 2 rings (SSSR count). The topological polar surface area (TPSA) is 0 Å². The summed E-state index contributed by atoms with van der Waals surface area (Å²) < 4.78 is 0. The SMILES string of the molecule is CC(C)c1[c]ccc(-c2ccccc2)c1C(C)C. The van der Waals surface area contributed by atoms with Gasteiger partial charge in [0, 0.05) is 0 Å². The molecular formula is C18H21. The summed E-state index contributed by atoms with van der Waals surface area (Å²) in [5, 5.41) is 0. The van der Waals surface area contributed by atoms with Gasteiger partial charge < -0.3 is 0 Å². The van der Waals surface area contributed by atoms with E-state index in [0.29, 0.717) is 11.8 Å². The summed E-state index contributed by atoms with van der Waals surface area (Å²) in [7, 11) is 0. The summed E-state index contributed by atoms with van der Waals surface area (Å²) in [5.41, 5.74) is 5.45. The minimum Gasteiger partial charge on any atom is -0.0622 e. The van der Waals surface area contributed by atoms with Crippen molar-refractivity contribution in [2.45, 2.75) is 39.5 Å². The highest BCUT2D eigenvalue weighted by Crippen LogP contribution is 2.34. The Kier molecular flexibility index (Phi) is 3.86. The zero-order valence-electron chi connectivity index (χ0n) is 11.7. The summed E-state index contributed by atoms with van der Waals surface area (Å²) >= 11 is 0. The van der Waals surface area contributed by atoms with Gasteiger partial charge in [-0.15, -0.1) is 0 Å². The highest BCUT2D eigenvalue weighted by molar-refractivity contribution is 5.69. The first-order chi connectivity index (χ1) is 8.61. The lowest BCUT2D eigenvalue weighted by Gasteiger charge is -2.20. The van der Waals surface area contributed by atoms with Crippen molar-refractivity contribution in [2.75, 3.05) is 0 Å². The first-order valence-electron chi connectivity index (χ1n) is 6.71. The van der Waals surface area contributed by atoms with Crippen LogP contribution in [0.15, 0.2) is 42.5 Å². The largest absolute Gasteiger partial charge is 0.0622 e. The molecule has 0 heterocycles. The molecule has 0 unspecified atom stereocenters. The first kappa shape index (κ1) is 12.9. The van der Waals surface area contributed by atoms with Crippen LogP contribution < -0.4 is 0 Å². The molecule has 0 aliphatic heterocycles. The fourth-order valence-corrected chi connectivity index (χ4v) is 2.50. The average molecular weight is 237 g/mol. The van der Waals surface area contributed by atoms with Gasteiger partial charge in [-0.25, -0.2) is 0 Å². The molecule has 0 N–H and O–H groups in total.